The van der Waals surface area contributed by atoms with E-state index in [0.29, 0.717) is 13.2 Å². The van der Waals surface area contributed by atoms with Crippen molar-refractivity contribution in [3.05, 3.63) is 137 Å². The Balaban J connectivity index is 1.33. The summed E-state index contributed by atoms with van der Waals surface area (Å²) in [5.41, 5.74) is 18.7. The highest BCUT2D eigenvalue weighted by Crippen LogP contribution is 2.51. The third-order valence-corrected chi connectivity index (χ3v) is 12.9. The topological polar surface area (TPSA) is 38.1 Å². The average Bonchev–Trinajstić information content (AvgIpc) is 3.58. The molecule has 0 aliphatic carbocycles. The van der Waals surface area contributed by atoms with Gasteiger partial charge in [0.15, 0.2) is 11.5 Å². The van der Waals surface area contributed by atoms with Crippen LogP contribution in [-0.2, 0) is 16.2 Å². The Labute approximate surface area is 356 Å². The molecule has 0 fully saturated rings. The second-order valence-corrected chi connectivity index (χ2v) is 20.2. The summed E-state index contributed by atoms with van der Waals surface area (Å²) in [6, 6.07) is 40.7. The fraction of sp³-hybridized carbons (Fsp3) is 0.296. The maximum atomic E-state index is 7.20. The molecular formula is C54H55BN2O3. The lowest BCUT2D eigenvalue weighted by Crippen LogP contribution is -2.61. The van der Waals surface area contributed by atoms with Gasteiger partial charge in [-0.3, -0.25) is 4.90 Å². The highest BCUT2D eigenvalue weighted by atomic mass is 16.6. The minimum Gasteiger partial charge on any atom is -0.486 e. The van der Waals surface area contributed by atoms with Crippen LogP contribution in [0.4, 0.5) is 34.3 Å². The van der Waals surface area contributed by atoms with Crippen molar-refractivity contribution in [1.29, 1.82) is 0 Å². The standard InChI is InChI=1S/C54H55BN2O3/c1-32-26-37(54(9,10)11)27-33(2)50(32)57-43-19-15-18-42-49(43)55(48-39-29-36(53(6,7)8)21-23-45(39)60-51(48)57)40-30-46-47(59-25-24-58-46)31-44(40)56(42)41-22-20-35(52(3,4)5)28-38(41)34-16-13-12-14-17-34/h12-23,26-31H,24-25H2,1-11H3. The average molecular weight is 791 g/mol. The molecule has 0 atom stereocenters. The molecule has 6 heteroatoms. The molecule has 0 spiro atoms. The van der Waals surface area contributed by atoms with Crippen LogP contribution in [0.1, 0.15) is 90.1 Å². The molecule has 5 nitrogen and oxygen atoms in total. The van der Waals surface area contributed by atoms with Gasteiger partial charge in [-0.2, -0.15) is 0 Å². The van der Waals surface area contributed by atoms with Gasteiger partial charge in [0.25, 0.3) is 6.71 Å². The number of fused-ring (bicyclic) bond motifs is 7. The predicted octanol–water partition coefficient (Wildman–Crippen LogP) is 12.5. The van der Waals surface area contributed by atoms with Gasteiger partial charge >= 0.3 is 0 Å². The van der Waals surface area contributed by atoms with Crippen LogP contribution < -0.4 is 35.7 Å². The summed E-state index contributed by atoms with van der Waals surface area (Å²) in [6.45, 7) is 26.0. The van der Waals surface area contributed by atoms with Gasteiger partial charge in [0.05, 0.1) is 11.4 Å². The summed E-state index contributed by atoms with van der Waals surface area (Å²) in [5.74, 6) is 2.42. The van der Waals surface area contributed by atoms with Gasteiger partial charge in [-0.25, -0.2) is 0 Å². The fourth-order valence-electron chi connectivity index (χ4n) is 9.73. The first kappa shape index (κ1) is 38.3. The normalized spacial score (nSPS) is 14.6. The highest BCUT2D eigenvalue weighted by Gasteiger charge is 2.47. The molecule has 0 saturated heterocycles. The van der Waals surface area contributed by atoms with Crippen molar-refractivity contribution in [3.8, 4) is 22.6 Å². The molecule has 4 heterocycles. The van der Waals surface area contributed by atoms with E-state index in [0.717, 1.165) is 56.8 Å². The van der Waals surface area contributed by atoms with Crippen molar-refractivity contribution >= 4 is 68.4 Å². The first-order valence-electron chi connectivity index (χ1n) is 21.5. The zero-order valence-corrected chi connectivity index (χ0v) is 37.0. The van der Waals surface area contributed by atoms with Crippen LogP contribution in [0.3, 0.4) is 0 Å². The lowest BCUT2D eigenvalue weighted by molar-refractivity contribution is 0.172. The Hall–Kier alpha value is -5.88. The second kappa shape index (κ2) is 13.3. The fourth-order valence-corrected chi connectivity index (χ4v) is 9.73. The molecule has 10 rings (SSSR count). The highest BCUT2D eigenvalue weighted by molar-refractivity contribution is 7.01. The van der Waals surface area contributed by atoms with Gasteiger partial charge in [0.2, 0.25) is 5.88 Å². The molecule has 6 aromatic carbocycles. The van der Waals surface area contributed by atoms with Crippen molar-refractivity contribution < 1.29 is 13.9 Å². The molecule has 0 N–H and O–H groups in total. The Morgan fingerprint density at radius 3 is 1.77 bits per heavy atom. The molecule has 60 heavy (non-hydrogen) atoms. The third-order valence-electron chi connectivity index (χ3n) is 12.9. The molecule has 0 unspecified atom stereocenters. The summed E-state index contributed by atoms with van der Waals surface area (Å²) in [5, 5.41) is 1.14. The molecular weight excluding hydrogens is 735 g/mol. The van der Waals surface area contributed by atoms with Gasteiger partial charge in [-0.1, -0.05) is 123 Å². The van der Waals surface area contributed by atoms with Crippen LogP contribution in [0, 0.1) is 13.8 Å². The van der Waals surface area contributed by atoms with Crippen LogP contribution >= 0.6 is 0 Å². The quantitative estimate of drug-likeness (QED) is 0.167. The van der Waals surface area contributed by atoms with E-state index < -0.39 is 0 Å². The van der Waals surface area contributed by atoms with Crippen LogP contribution in [0.2, 0.25) is 0 Å². The molecule has 0 saturated carbocycles. The number of nitrogens with zero attached hydrogens (tertiary/aromatic N) is 2. The third kappa shape index (κ3) is 5.97. The summed E-state index contributed by atoms with van der Waals surface area (Å²) in [4.78, 5) is 4.92. The van der Waals surface area contributed by atoms with Crippen molar-refractivity contribution in [2.24, 2.45) is 0 Å². The lowest BCUT2D eigenvalue weighted by atomic mass is 9.33. The number of furan rings is 1. The second-order valence-electron chi connectivity index (χ2n) is 20.2. The molecule has 0 radical (unpaired) electrons. The van der Waals surface area contributed by atoms with Crippen LogP contribution in [0.25, 0.3) is 22.1 Å². The van der Waals surface area contributed by atoms with Gasteiger partial charge in [-0.15, -0.1) is 0 Å². The Kier molecular flexibility index (Phi) is 8.51. The van der Waals surface area contributed by atoms with Crippen molar-refractivity contribution in [1.82, 2.24) is 0 Å². The van der Waals surface area contributed by atoms with E-state index in [1.807, 2.05) is 0 Å². The molecule has 302 valence electrons. The van der Waals surface area contributed by atoms with Crippen LogP contribution in [0.5, 0.6) is 11.5 Å². The number of hydrogen-bond donors (Lipinski definition) is 0. The minimum atomic E-state index is -0.149. The van der Waals surface area contributed by atoms with E-state index in [9.17, 15) is 0 Å². The van der Waals surface area contributed by atoms with Gasteiger partial charge in [-0.05, 0) is 117 Å². The predicted molar refractivity (Wildman–Crippen MR) is 252 cm³/mol. The molecule has 0 amide bonds. The molecule has 1 aromatic heterocycles. The van der Waals surface area contributed by atoms with Crippen LogP contribution in [0.15, 0.2) is 114 Å². The lowest BCUT2D eigenvalue weighted by Gasteiger charge is -2.44. The smallest absolute Gasteiger partial charge is 0.257 e. The van der Waals surface area contributed by atoms with E-state index in [4.69, 9.17) is 13.9 Å². The van der Waals surface area contributed by atoms with Crippen molar-refractivity contribution in [2.45, 2.75) is 92.4 Å². The SMILES string of the molecule is Cc1cc(C(C)(C)C)cc(C)c1N1c2cccc3c2B(c2cc4c(cc2N3c2ccc(C(C)(C)C)cc2-c2ccccc2)OCCO4)c2c1oc1ccc(C(C)(C)C)cc21. The number of hydrogen-bond acceptors (Lipinski definition) is 5. The van der Waals surface area contributed by atoms with E-state index in [-0.39, 0.29) is 23.0 Å². The van der Waals surface area contributed by atoms with Gasteiger partial charge in [0.1, 0.15) is 18.8 Å². The molecule has 3 aliphatic rings. The Morgan fingerprint density at radius 1 is 0.517 bits per heavy atom. The largest absolute Gasteiger partial charge is 0.486 e. The van der Waals surface area contributed by atoms with Crippen molar-refractivity contribution in [2.75, 3.05) is 23.0 Å². The number of rotatable bonds is 3. The summed E-state index contributed by atoms with van der Waals surface area (Å²) >= 11 is 0. The minimum absolute atomic E-state index is 0.00890. The van der Waals surface area contributed by atoms with Gasteiger partial charge in [0, 0.05) is 39.5 Å². The monoisotopic (exact) mass is 790 g/mol. The maximum Gasteiger partial charge on any atom is 0.257 e. The van der Waals surface area contributed by atoms with Crippen molar-refractivity contribution in [3.63, 3.8) is 0 Å². The first-order chi connectivity index (χ1) is 28.5. The summed E-state index contributed by atoms with van der Waals surface area (Å²) in [6.07, 6.45) is 0. The zero-order valence-electron chi connectivity index (χ0n) is 37.0. The Morgan fingerprint density at radius 2 is 1.12 bits per heavy atom. The number of benzene rings is 6. The summed E-state index contributed by atoms with van der Waals surface area (Å²) < 4.78 is 20.0. The molecule has 7 aromatic rings. The molecule has 3 aliphatic heterocycles. The molecule has 0 bridgehead atoms. The van der Waals surface area contributed by atoms with E-state index >= 15 is 0 Å². The number of anilines is 6. The number of aryl methyl sites for hydroxylation is 2. The van der Waals surface area contributed by atoms with Crippen LogP contribution in [-0.4, -0.2) is 19.9 Å². The number of ether oxygens (including phenoxy) is 2. The van der Waals surface area contributed by atoms with E-state index in [1.54, 1.807) is 0 Å². The van der Waals surface area contributed by atoms with E-state index in [1.165, 1.54) is 55.3 Å². The zero-order chi connectivity index (χ0) is 42.0. The summed E-state index contributed by atoms with van der Waals surface area (Å²) in [7, 11) is 0. The maximum absolute atomic E-state index is 7.20. The van der Waals surface area contributed by atoms with E-state index in [2.05, 4.69) is 195 Å². The van der Waals surface area contributed by atoms with Gasteiger partial charge < -0.3 is 18.8 Å². The Bertz CT molecular complexity index is 2850. The first-order valence-corrected chi connectivity index (χ1v) is 21.5.